The largest absolute Gasteiger partial charge is 0.332 e. The average molecular weight is 384 g/mol. The second-order valence-corrected chi connectivity index (χ2v) is 6.49. The summed E-state index contributed by atoms with van der Waals surface area (Å²) in [7, 11) is 1.56. The van der Waals surface area contributed by atoms with Gasteiger partial charge in [0.05, 0.1) is 36.2 Å². The average Bonchev–Trinajstić information content (AvgIpc) is 3.17. The first-order valence-electron chi connectivity index (χ1n) is 8.88. The number of hydrogen-bond acceptors (Lipinski definition) is 5. The van der Waals surface area contributed by atoms with Gasteiger partial charge in [-0.25, -0.2) is 14.8 Å². The van der Waals surface area contributed by atoms with Gasteiger partial charge in [0.2, 0.25) is 0 Å². The molecule has 0 unspecified atom stereocenters. The molecule has 0 aliphatic heterocycles. The van der Waals surface area contributed by atoms with Crippen molar-refractivity contribution >= 4 is 22.1 Å². The number of nitriles is 1. The molecule has 29 heavy (non-hydrogen) atoms. The molecule has 8 heteroatoms. The van der Waals surface area contributed by atoms with Gasteiger partial charge in [-0.2, -0.15) is 5.26 Å². The zero-order valence-electron chi connectivity index (χ0n) is 15.9. The third-order valence-electron chi connectivity index (χ3n) is 4.76. The maximum absolute atomic E-state index is 13.1. The lowest BCUT2D eigenvalue weighted by atomic mass is 10.1. The van der Waals surface area contributed by atoms with Crippen LogP contribution >= 0.6 is 0 Å². The number of benzene rings is 1. The molecule has 0 radical (unpaired) electrons. The standard InChI is InChI=1S/C21H16N6O2/c1-3-4-9-26-13-23-19-18(26)20(28)27(21(29)25(19)2)12-17-15(11-22)10-14-7-5-6-8-16(14)24-17/h5-8,10,13H,9,12H2,1-2H3. The molecule has 0 spiro atoms. The van der Waals surface area contributed by atoms with Crippen LogP contribution in [-0.2, 0) is 20.1 Å². The summed E-state index contributed by atoms with van der Waals surface area (Å²) in [5, 5.41) is 10.4. The summed E-state index contributed by atoms with van der Waals surface area (Å²) in [5.41, 5.74) is 0.948. The van der Waals surface area contributed by atoms with Crippen molar-refractivity contribution in [3.8, 4) is 17.9 Å². The molecule has 1 aromatic carbocycles. The molecule has 0 saturated carbocycles. The number of rotatable bonds is 3. The topological polar surface area (TPSA) is 98.5 Å². The third kappa shape index (κ3) is 2.97. The van der Waals surface area contributed by atoms with E-state index >= 15 is 0 Å². The molecule has 0 amide bonds. The van der Waals surface area contributed by atoms with Gasteiger partial charge in [-0.05, 0) is 19.1 Å². The first-order chi connectivity index (χ1) is 14.0. The van der Waals surface area contributed by atoms with Crippen LogP contribution in [0.2, 0.25) is 0 Å². The molecule has 0 atom stereocenters. The first-order valence-corrected chi connectivity index (χ1v) is 8.88. The van der Waals surface area contributed by atoms with E-state index in [9.17, 15) is 14.9 Å². The van der Waals surface area contributed by atoms with Crippen LogP contribution in [0.15, 0.2) is 46.2 Å². The van der Waals surface area contributed by atoms with Crippen molar-refractivity contribution in [1.82, 2.24) is 23.7 Å². The summed E-state index contributed by atoms with van der Waals surface area (Å²) in [6.45, 7) is 1.89. The van der Waals surface area contributed by atoms with Crippen molar-refractivity contribution in [2.45, 2.75) is 20.0 Å². The van der Waals surface area contributed by atoms with Crippen molar-refractivity contribution in [3.05, 3.63) is 68.8 Å². The van der Waals surface area contributed by atoms with Gasteiger partial charge >= 0.3 is 5.69 Å². The Kier molecular flexibility index (Phi) is 4.46. The Morgan fingerprint density at radius 2 is 2.00 bits per heavy atom. The van der Waals surface area contributed by atoms with Crippen molar-refractivity contribution in [2.24, 2.45) is 7.05 Å². The number of para-hydroxylation sites is 1. The fourth-order valence-corrected chi connectivity index (χ4v) is 3.27. The molecule has 4 aromatic rings. The molecule has 8 nitrogen and oxygen atoms in total. The summed E-state index contributed by atoms with van der Waals surface area (Å²) in [4.78, 5) is 34.7. The SMILES string of the molecule is CC#CCn1cnc2c1c(=O)n(Cc1nc3ccccc3cc1C#N)c(=O)n2C. The summed E-state index contributed by atoms with van der Waals surface area (Å²) >= 11 is 0. The summed E-state index contributed by atoms with van der Waals surface area (Å²) < 4.78 is 4.01. The number of aryl methyl sites for hydroxylation is 1. The number of fused-ring (bicyclic) bond motifs is 2. The maximum atomic E-state index is 13.1. The second kappa shape index (κ2) is 7.10. The van der Waals surface area contributed by atoms with Crippen LogP contribution in [0, 0.1) is 23.2 Å². The van der Waals surface area contributed by atoms with Crippen LogP contribution in [0.4, 0.5) is 0 Å². The zero-order chi connectivity index (χ0) is 20.5. The molecule has 0 N–H and O–H groups in total. The predicted octanol–water partition coefficient (Wildman–Crippen LogP) is 1.39. The Hall–Kier alpha value is -4.17. The van der Waals surface area contributed by atoms with E-state index in [2.05, 4.69) is 27.9 Å². The third-order valence-corrected chi connectivity index (χ3v) is 4.76. The number of pyridine rings is 1. The Balaban J connectivity index is 1.94. The van der Waals surface area contributed by atoms with Crippen LogP contribution < -0.4 is 11.2 Å². The number of aromatic nitrogens is 5. The summed E-state index contributed by atoms with van der Waals surface area (Å²) in [5.74, 6) is 5.67. The van der Waals surface area contributed by atoms with Gasteiger partial charge < -0.3 is 4.57 Å². The quantitative estimate of drug-likeness (QED) is 0.497. The van der Waals surface area contributed by atoms with Crippen LogP contribution in [0.1, 0.15) is 18.2 Å². The van der Waals surface area contributed by atoms with Crippen LogP contribution in [0.5, 0.6) is 0 Å². The minimum Gasteiger partial charge on any atom is -0.313 e. The lowest BCUT2D eigenvalue weighted by Gasteiger charge is -2.10. The van der Waals surface area contributed by atoms with E-state index < -0.39 is 11.2 Å². The predicted molar refractivity (Wildman–Crippen MR) is 108 cm³/mol. The smallest absolute Gasteiger partial charge is 0.313 e. The first kappa shape index (κ1) is 18.2. The molecule has 0 aliphatic carbocycles. The van der Waals surface area contributed by atoms with Crippen molar-refractivity contribution in [1.29, 1.82) is 5.26 Å². The Morgan fingerprint density at radius 3 is 2.76 bits per heavy atom. The highest BCUT2D eigenvalue weighted by Crippen LogP contribution is 2.17. The fraction of sp³-hybridized carbons (Fsp3) is 0.190. The molecule has 0 saturated heterocycles. The number of hydrogen-bond donors (Lipinski definition) is 0. The molecule has 0 fully saturated rings. The van der Waals surface area contributed by atoms with Crippen molar-refractivity contribution in [2.75, 3.05) is 0 Å². The van der Waals surface area contributed by atoms with E-state index in [0.29, 0.717) is 22.4 Å². The van der Waals surface area contributed by atoms with Crippen LogP contribution in [0.3, 0.4) is 0 Å². The van der Waals surface area contributed by atoms with Gasteiger partial charge in [0.25, 0.3) is 5.56 Å². The van der Waals surface area contributed by atoms with Gasteiger partial charge in [-0.15, -0.1) is 5.92 Å². The van der Waals surface area contributed by atoms with Crippen molar-refractivity contribution in [3.63, 3.8) is 0 Å². The van der Waals surface area contributed by atoms with Gasteiger partial charge in [0.15, 0.2) is 11.2 Å². The highest BCUT2D eigenvalue weighted by atomic mass is 16.2. The van der Waals surface area contributed by atoms with E-state index in [4.69, 9.17) is 0 Å². The molecule has 4 rings (SSSR count). The molecule has 3 heterocycles. The molecular weight excluding hydrogens is 368 g/mol. The molecular formula is C21H16N6O2. The Bertz CT molecular complexity index is 1490. The zero-order valence-corrected chi connectivity index (χ0v) is 15.9. The highest BCUT2D eigenvalue weighted by Gasteiger charge is 2.18. The summed E-state index contributed by atoms with van der Waals surface area (Å²) in [6.07, 6.45) is 1.50. The Morgan fingerprint density at radius 1 is 1.21 bits per heavy atom. The minimum atomic E-state index is -0.520. The van der Waals surface area contributed by atoms with E-state index in [0.717, 1.165) is 9.95 Å². The monoisotopic (exact) mass is 384 g/mol. The normalized spacial score (nSPS) is 10.7. The lowest BCUT2D eigenvalue weighted by molar-refractivity contribution is 0.645. The van der Waals surface area contributed by atoms with E-state index in [-0.39, 0.29) is 18.6 Å². The maximum Gasteiger partial charge on any atom is 0.332 e. The van der Waals surface area contributed by atoms with E-state index in [1.54, 1.807) is 24.6 Å². The minimum absolute atomic E-state index is 0.111. The van der Waals surface area contributed by atoms with E-state index in [1.165, 1.54) is 10.9 Å². The van der Waals surface area contributed by atoms with Gasteiger partial charge in [0, 0.05) is 12.4 Å². The van der Waals surface area contributed by atoms with Crippen LogP contribution in [0.25, 0.3) is 22.1 Å². The molecule has 3 aromatic heterocycles. The van der Waals surface area contributed by atoms with Crippen molar-refractivity contribution < 1.29 is 0 Å². The number of nitrogens with zero attached hydrogens (tertiary/aromatic N) is 6. The second-order valence-electron chi connectivity index (χ2n) is 6.49. The van der Waals surface area contributed by atoms with Gasteiger partial charge in [0.1, 0.15) is 6.07 Å². The Labute approximate surface area is 165 Å². The van der Waals surface area contributed by atoms with Gasteiger partial charge in [-0.1, -0.05) is 24.1 Å². The van der Waals surface area contributed by atoms with E-state index in [1.807, 2.05) is 24.3 Å². The number of imidazole rings is 1. The fourth-order valence-electron chi connectivity index (χ4n) is 3.27. The molecule has 0 bridgehead atoms. The molecule has 142 valence electrons. The van der Waals surface area contributed by atoms with Gasteiger partial charge in [-0.3, -0.25) is 13.9 Å². The molecule has 0 aliphatic rings. The highest BCUT2D eigenvalue weighted by molar-refractivity contribution is 5.80. The van der Waals surface area contributed by atoms with Crippen LogP contribution in [-0.4, -0.2) is 23.7 Å². The lowest BCUT2D eigenvalue weighted by Crippen LogP contribution is -2.40. The summed E-state index contributed by atoms with van der Waals surface area (Å²) in [6, 6.07) is 11.2.